The predicted octanol–water partition coefficient (Wildman–Crippen LogP) is 1.85. The fraction of sp³-hybridized carbons (Fsp3) is 0.350. The van der Waals surface area contributed by atoms with E-state index in [2.05, 4.69) is 27.0 Å². The van der Waals surface area contributed by atoms with Crippen molar-refractivity contribution in [3.05, 3.63) is 42.5 Å². The molecule has 5 N–H and O–H groups in total. The second kappa shape index (κ2) is 9.97. The summed E-state index contributed by atoms with van der Waals surface area (Å²) in [6, 6.07) is 12.2. The van der Waals surface area contributed by atoms with E-state index in [9.17, 15) is 4.79 Å². The highest BCUT2D eigenvalue weighted by Gasteiger charge is 2.33. The lowest BCUT2D eigenvalue weighted by Crippen LogP contribution is -2.48. The van der Waals surface area contributed by atoms with Gasteiger partial charge < -0.3 is 24.8 Å². The van der Waals surface area contributed by atoms with Crippen LogP contribution in [0.2, 0.25) is 0 Å². The Balaban J connectivity index is 1.72. The van der Waals surface area contributed by atoms with Gasteiger partial charge in [-0.15, -0.1) is 0 Å². The Morgan fingerprint density at radius 3 is 2.62 bits per heavy atom. The average molecular weight is 401 g/mol. The van der Waals surface area contributed by atoms with Crippen LogP contribution in [0.4, 0.5) is 11.4 Å². The maximum Gasteiger partial charge on any atom is 0.246 e. The maximum absolute atomic E-state index is 12.9. The zero-order valence-electron chi connectivity index (χ0n) is 16.7. The summed E-state index contributed by atoms with van der Waals surface area (Å²) in [5.41, 5.74) is 10.1. The zero-order valence-corrected chi connectivity index (χ0v) is 16.7. The number of hydrogen-bond acceptors (Lipinski definition) is 8. The topological polar surface area (TPSA) is 105 Å². The number of anilines is 2. The number of carbonyl (C=O) groups is 1. The van der Waals surface area contributed by atoms with Crippen molar-refractivity contribution in [3.63, 3.8) is 0 Å². The molecule has 2 atom stereocenters. The first kappa shape index (κ1) is 20.7. The van der Waals surface area contributed by atoms with Gasteiger partial charge in [-0.1, -0.05) is 6.07 Å². The van der Waals surface area contributed by atoms with Crippen LogP contribution in [0.3, 0.4) is 0 Å². The number of ether oxygens (including phenoxy) is 3. The van der Waals surface area contributed by atoms with E-state index in [0.29, 0.717) is 30.4 Å². The third-order valence-electron chi connectivity index (χ3n) is 4.28. The van der Waals surface area contributed by atoms with E-state index in [0.717, 1.165) is 11.4 Å². The first-order chi connectivity index (χ1) is 14.1. The molecule has 0 aromatic heterocycles. The molecule has 0 radical (unpaired) electrons. The van der Waals surface area contributed by atoms with E-state index >= 15 is 0 Å². The first-order valence-corrected chi connectivity index (χ1v) is 9.51. The molecule has 2 aromatic carbocycles. The summed E-state index contributed by atoms with van der Waals surface area (Å²) in [6.45, 7) is 4.82. The van der Waals surface area contributed by atoms with Crippen molar-refractivity contribution in [2.75, 3.05) is 31.0 Å². The molecule has 1 aliphatic heterocycles. The third kappa shape index (κ3) is 5.29. The van der Waals surface area contributed by atoms with Crippen LogP contribution in [0.1, 0.15) is 13.8 Å². The van der Waals surface area contributed by atoms with Crippen LogP contribution < -0.4 is 41.2 Å². The molecule has 156 valence electrons. The van der Waals surface area contributed by atoms with Crippen molar-refractivity contribution in [2.24, 2.45) is 0 Å². The number of nitrogens with one attached hydrogen (secondary N) is 5. The van der Waals surface area contributed by atoms with Crippen molar-refractivity contribution in [1.29, 1.82) is 0 Å². The monoisotopic (exact) mass is 401 g/mol. The van der Waals surface area contributed by atoms with Gasteiger partial charge in [0.25, 0.3) is 0 Å². The predicted molar refractivity (Wildman–Crippen MR) is 111 cm³/mol. The first-order valence-electron chi connectivity index (χ1n) is 9.51. The molecular weight excluding hydrogens is 374 g/mol. The van der Waals surface area contributed by atoms with Crippen molar-refractivity contribution in [2.45, 2.75) is 26.1 Å². The molecule has 29 heavy (non-hydrogen) atoms. The molecule has 2 unspecified atom stereocenters. The summed E-state index contributed by atoms with van der Waals surface area (Å²) in [5.74, 6) is 1.73. The van der Waals surface area contributed by atoms with Crippen molar-refractivity contribution < 1.29 is 19.0 Å². The van der Waals surface area contributed by atoms with Gasteiger partial charge in [-0.05, 0) is 38.1 Å². The summed E-state index contributed by atoms with van der Waals surface area (Å²) in [5, 5.41) is 6.19. The van der Waals surface area contributed by atoms with Gasteiger partial charge in [-0.25, -0.2) is 10.9 Å². The number of hydrazine groups is 2. The van der Waals surface area contributed by atoms with E-state index < -0.39 is 12.2 Å². The quantitative estimate of drug-likeness (QED) is 0.434. The van der Waals surface area contributed by atoms with E-state index in [1.807, 2.05) is 44.2 Å². The van der Waals surface area contributed by atoms with Crippen molar-refractivity contribution in [3.8, 4) is 17.2 Å². The van der Waals surface area contributed by atoms with Gasteiger partial charge >= 0.3 is 0 Å². The number of carbonyl (C=O) groups excluding carboxylic acids is 1. The van der Waals surface area contributed by atoms with Crippen LogP contribution in [0.15, 0.2) is 42.5 Å². The Labute approximate surface area is 170 Å². The van der Waals surface area contributed by atoms with Crippen LogP contribution in [-0.2, 0) is 4.79 Å². The molecule has 2 aromatic rings. The van der Waals surface area contributed by atoms with Gasteiger partial charge in [-0.2, -0.15) is 5.53 Å². The molecule has 0 bridgehead atoms. The molecule has 1 heterocycles. The van der Waals surface area contributed by atoms with Crippen LogP contribution in [-0.4, -0.2) is 38.4 Å². The van der Waals surface area contributed by atoms with E-state index in [1.165, 1.54) is 0 Å². The summed E-state index contributed by atoms with van der Waals surface area (Å²) < 4.78 is 16.4. The van der Waals surface area contributed by atoms with Gasteiger partial charge in [0.05, 0.1) is 26.0 Å². The third-order valence-corrected chi connectivity index (χ3v) is 4.28. The van der Waals surface area contributed by atoms with Gasteiger partial charge in [0.2, 0.25) is 5.91 Å². The molecule has 1 fully saturated rings. The van der Waals surface area contributed by atoms with Crippen LogP contribution in [0, 0.1) is 0 Å². The molecular formula is C20H27N5O4. The zero-order chi connectivity index (χ0) is 20.6. The SMILES string of the molecule is CCOc1ccc(OCC)c(NC(=O)C2NNNC2Nc2cccc(OC)c2)c1. The number of amides is 1. The Bertz CT molecular complexity index is 832. The highest BCUT2D eigenvalue weighted by Crippen LogP contribution is 2.30. The second-order valence-corrected chi connectivity index (χ2v) is 6.26. The lowest BCUT2D eigenvalue weighted by Gasteiger charge is -2.21. The maximum atomic E-state index is 12.9. The molecule has 0 saturated carbocycles. The van der Waals surface area contributed by atoms with Crippen LogP contribution >= 0.6 is 0 Å². The highest BCUT2D eigenvalue weighted by molar-refractivity contribution is 5.97. The second-order valence-electron chi connectivity index (χ2n) is 6.26. The molecule has 1 aliphatic rings. The Morgan fingerprint density at radius 1 is 1.03 bits per heavy atom. The van der Waals surface area contributed by atoms with Crippen molar-refractivity contribution >= 4 is 17.3 Å². The highest BCUT2D eigenvalue weighted by atomic mass is 16.5. The number of hydrogen-bond donors (Lipinski definition) is 5. The van der Waals surface area contributed by atoms with Crippen molar-refractivity contribution in [1.82, 2.24) is 16.4 Å². The van der Waals surface area contributed by atoms with Gasteiger partial charge in [0.15, 0.2) is 0 Å². The fourth-order valence-electron chi connectivity index (χ4n) is 2.95. The summed E-state index contributed by atoms with van der Waals surface area (Å²) in [7, 11) is 1.61. The van der Waals surface area contributed by atoms with Gasteiger partial charge in [-0.3, -0.25) is 4.79 Å². The van der Waals surface area contributed by atoms with Gasteiger partial charge in [0, 0.05) is 17.8 Å². The summed E-state index contributed by atoms with van der Waals surface area (Å²) >= 11 is 0. The molecule has 9 nitrogen and oxygen atoms in total. The number of benzene rings is 2. The number of methoxy groups -OCH3 is 1. The molecule has 0 aliphatic carbocycles. The van der Waals surface area contributed by atoms with E-state index in [4.69, 9.17) is 14.2 Å². The largest absolute Gasteiger partial charge is 0.497 e. The fourth-order valence-corrected chi connectivity index (χ4v) is 2.95. The summed E-state index contributed by atoms with van der Waals surface area (Å²) in [4.78, 5) is 12.9. The lowest BCUT2D eigenvalue weighted by atomic mass is 10.2. The molecule has 0 spiro atoms. The average Bonchev–Trinajstić information content (AvgIpc) is 3.18. The van der Waals surface area contributed by atoms with E-state index in [1.54, 1.807) is 19.2 Å². The number of rotatable bonds is 9. The normalized spacial score (nSPS) is 18.2. The van der Waals surface area contributed by atoms with Crippen LogP contribution in [0.5, 0.6) is 17.2 Å². The standard InChI is InChI=1S/C20H27N5O4/c1-4-28-15-9-10-17(29-5-2)16(12-15)22-20(26)18-19(24-25-23-18)21-13-7-6-8-14(11-13)27-3/h6-12,18-19,21,23-25H,4-5H2,1-3H3,(H,22,26). The molecule has 9 heteroatoms. The minimum absolute atomic E-state index is 0.238. The minimum atomic E-state index is -0.591. The lowest BCUT2D eigenvalue weighted by molar-refractivity contribution is -0.118. The Morgan fingerprint density at radius 2 is 1.86 bits per heavy atom. The molecule has 3 rings (SSSR count). The van der Waals surface area contributed by atoms with Crippen LogP contribution in [0.25, 0.3) is 0 Å². The molecule has 1 saturated heterocycles. The van der Waals surface area contributed by atoms with E-state index in [-0.39, 0.29) is 5.91 Å². The minimum Gasteiger partial charge on any atom is -0.497 e. The van der Waals surface area contributed by atoms with Gasteiger partial charge in [0.1, 0.15) is 29.5 Å². The summed E-state index contributed by atoms with van der Waals surface area (Å²) in [6.07, 6.45) is -0.396. The molecule has 1 amide bonds. The Kier molecular flexibility index (Phi) is 7.12. The smallest absolute Gasteiger partial charge is 0.246 e. The Hall–Kier alpha value is -3.01.